The highest BCUT2D eigenvalue weighted by atomic mass is 32.2. The van der Waals surface area contributed by atoms with Crippen molar-refractivity contribution in [3.63, 3.8) is 0 Å². The zero-order chi connectivity index (χ0) is 28.2. The monoisotopic (exact) mass is 575 g/mol. The molecule has 208 valence electrons. The molecule has 0 unspecified atom stereocenters. The van der Waals surface area contributed by atoms with Crippen molar-refractivity contribution < 1.29 is 30.8 Å². The van der Waals surface area contributed by atoms with Gasteiger partial charge in [0.1, 0.15) is 18.1 Å². The average molecular weight is 576 g/mol. The van der Waals surface area contributed by atoms with Crippen molar-refractivity contribution in [3.8, 4) is 5.75 Å². The Bertz CT molecular complexity index is 1550. The Labute approximate surface area is 228 Å². The zero-order valence-electron chi connectivity index (χ0n) is 21.6. The summed E-state index contributed by atoms with van der Waals surface area (Å²) in [6.45, 7) is 1.84. The van der Waals surface area contributed by atoms with Gasteiger partial charge in [0.25, 0.3) is 10.0 Å². The van der Waals surface area contributed by atoms with Gasteiger partial charge in [-0.3, -0.25) is 9.10 Å². The second-order valence-corrected chi connectivity index (χ2v) is 13.0. The summed E-state index contributed by atoms with van der Waals surface area (Å²) in [6.07, 6.45) is 2.49. The summed E-state index contributed by atoms with van der Waals surface area (Å²) < 4.78 is 75.6. The van der Waals surface area contributed by atoms with E-state index >= 15 is 0 Å². The number of methoxy groups -OCH3 is 1. The normalized spacial score (nSPS) is 14.5. The minimum Gasteiger partial charge on any atom is -0.495 e. The van der Waals surface area contributed by atoms with Crippen LogP contribution in [-0.2, 0) is 24.8 Å². The minimum atomic E-state index is -4.34. The van der Waals surface area contributed by atoms with Crippen LogP contribution in [0.25, 0.3) is 0 Å². The Hall–Kier alpha value is -3.48. The van der Waals surface area contributed by atoms with Crippen molar-refractivity contribution in [2.24, 2.45) is 0 Å². The van der Waals surface area contributed by atoms with Crippen molar-refractivity contribution in [1.29, 1.82) is 0 Å². The van der Waals surface area contributed by atoms with Gasteiger partial charge in [0.2, 0.25) is 15.9 Å². The average Bonchev–Trinajstić information content (AvgIpc) is 2.93. The fourth-order valence-corrected chi connectivity index (χ4v) is 7.28. The van der Waals surface area contributed by atoms with E-state index in [4.69, 9.17) is 4.74 Å². The van der Waals surface area contributed by atoms with E-state index in [1.807, 2.05) is 0 Å². The van der Waals surface area contributed by atoms with E-state index < -0.39 is 38.3 Å². The molecule has 3 aromatic rings. The Morgan fingerprint density at radius 2 is 1.59 bits per heavy atom. The van der Waals surface area contributed by atoms with Gasteiger partial charge in [0.15, 0.2) is 0 Å². The number of hydrogen-bond donors (Lipinski definition) is 1. The van der Waals surface area contributed by atoms with Crippen LogP contribution in [0.4, 0.5) is 15.8 Å². The Morgan fingerprint density at radius 3 is 2.23 bits per heavy atom. The minimum absolute atomic E-state index is 0.0289. The summed E-state index contributed by atoms with van der Waals surface area (Å²) in [4.78, 5) is 13.1. The maximum atomic E-state index is 14.8. The number of aryl methyl sites for hydroxylation is 1. The number of nitrogens with one attached hydrogen (secondary N) is 1. The van der Waals surface area contributed by atoms with Crippen LogP contribution >= 0.6 is 0 Å². The van der Waals surface area contributed by atoms with E-state index in [0.717, 1.165) is 30.9 Å². The maximum Gasteiger partial charge on any atom is 0.264 e. The van der Waals surface area contributed by atoms with Gasteiger partial charge >= 0.3 is 0 Å². The number of nitrogens with zero attached hydrogens (tertiary/aromatic N) is 2. The number of anilines is 2. The molecule has 0 aromatic heterocycles. The fourth-order valence-electron chi connectivity index (χ4n) is 4.31. The summed E-state index contributed by atoms with van der Waals surface area (Å²) in [5.74, 6) is -1.47. The summed E-state index contributed by atoms with van der Waals surface area (Å²) in [7, 11) is -6.79. The number of benzene rings is 3. The van der Waals surface area contributed by atoms with Crippen molar-refractivity contribution in [3.05, 3.63) is 78.1 Å². The molecule has 4 rings (SSSR count). The molecule has 1 fully saturated rings. The number of piperidine rings is 1. The first-order valence-corrected chi connectivity index (χ1v) is 15.2. The Balaban J connectivity index is 1.66. The zero-order valence-corrected chi connectivity index (χ0v) is 23.3. The molecule has 1 aliphatic heterocycles. The highest BCUT2D eigenvalue weighted by Gasteiger charge is 2.30. The molecule has 1 saturated heterocycles. The SMILES string of the molecule is COc1ccc(S(=O)(=O)N2CCCCC2)cc1NC(=O)CN(c1ccccc1F)S(=O)(=O)c1ccc(C)cc1. The lowest BCUT2D eigenvalue weighted by Gasteiger charge is -2.26. The van der Waals surface area contributed by atoms with Crippen molar-refractivity contribution in [2.75, 3.05) is 36.4 Å². The fraction of sp³-hybridized carbons (Fsp3) is 0.296. The lowest BCUT2D eigenvalue weighted by molar-refractivity contribution is -0.114. The van der Waals surface area contributed by atoms with E-state index in [-0.39, 0.29) is 26.9 Å². The highest BCUT2D eigenvalue weighted by molar-refractivity contribution is 7.92. The molecule has 39 heavy (non-hydrogen) atoms. The molecule has 1 heterocycles. The smallest absolute Gasteiger partial charge is 0.264 e. The molecule has 0 radical (unpaired) electrons. The van der Waals surface area contributed by atoms with Gasteiger partial charge in [-0.1, -0.05) is 36.2 Å². The van der Waals surface area contributed by atoms with Crippen LogP contribution in [0.3, 0.4) is 0 Å². The molecule has 0 spiro atoms. The number of ether oxygens (including phenoxy) is 1. The third-order valence-corrected chi connectivity index (χ3v) is 10.1. The number of sulfonamides is 2. The van der Waals surface area contributed by atoms with Crippen LogP contribution in [0.5, 0.6) is 5.75 Å². The molecule has 1 aliphatic rings. The van der Waals surface area contributed by atoms with Crippen LogP contribution in [0.15, 0.2) is 76.5 Å². The summed E-state index contributed by atoms with van der Waals surface area (Å²) >= 11 is 0. The van der Waals surface area contributed by atoms with Crippen LogP contribution in [-0.4, -0.2) is 53.8 Å². The summed E-state index contributed by atoms with van der Waals surface area (Å²) in [6, 6.07) is 15.3. The Kier molecular flexibility index (Phi) is 8.57. The Morgan fingerprint density at radius 1 is 0.949 bits per heavy atom. The van der Waals surface area contributed by atoms with Gasteiger partial charge in [0.05, 0.1) is 28.3 Å². The standard InChI is InChI=1S/C27H30FN3O6S2/c1-20-10-12-21(13-11-20)39(35,36)31(25-9-5-4-8-23(25)28)19-27(32)29-24-18-22(14-15-26(24)37-2)38(33,34)30-16-6-3-7-17-30/h4-5,8-15,18H,3,6-7,16-17,19H2,1-2H3,(H,29,32). The van der Waals surface area contributed by atoms with Gasteiger partial charge in [0, 0.05) is 13.1 Å². The number of amides is 1. The van der Waals surface area contributed by atoms with Crippen molar-refractivity contribution in [1.82, 2.24) is 4.31 Å². The van der Waals surface area contributed by atoms with Gasteiger partial charge < -0.3 is 10.1 Å². The first kappa shape index (κ1) is 28.5. The number of carbonyl (C=O) groups is 1. The molecule has 12 heteroatoms. The lowest BCUT2D eigenvalue weighted by Crippen LogP contribution is -2.38. The molecular formula is C27H30FN3O6S2. The number of halogens is 1. The molecule has 0 saturated carbocycles. The van der Waals surface area contributed by atoms with Gasteiger partial charge in [-0.05, 0) is 62.2 Å². The quantitative estimate of drug-likeness (QED) is 0.410. The van der Waals surface area contributed by atoms with E-state index in [0.29, 0.717) is 17.4 Å². The predicted molar refractivity (Wildman–Crippen MR) is 146 cm³/mol. The maximum absolute atomic E-state index is 14.8. The molecule has 3 aromatic carbocycles. The van der Waals surface area contributed by atoms with Crippen molar-refractivity contribution in [2.45, 2.75) is 36.0 Å². The van der Waals surface area contributed by atoms with Gasteiger partial charge in [-0.25, -0.2) is 21.2 Å². The summed E-state index contributed by atoms with van der Waals surface area (Å²) in [5.41, 5.74) is 0.569. The van der Waals surface area contributed by atoms with E-state index in [9.17, 15) is 26.0 Å². The first-order valence-electron chi connectivity index (χ1n) is 12.4. The second kappa shape index (κ2) is 11.7. The molecular weight excluding hydrogens is 545 g/mol. The predicted octanol–water partition coefficient (Wildman–Crippen LogP) is 4.15. The molecule has 0 aliphatic carbocycles. The highest BCUT2D eigenvalue weighted by Crippen LogP contribution is 2.31. The van der Waals surface area contributed by atoms with E-state index in [2.05, 4.69) is 5.32 Å². The third kappa shape index (κ3) is 6.23. The number of rotatable bonds is 9. The van der Waals surface area contributed by atoms with Gasteiger partial charge in [-0.2, -0.15) is 4.31 Å². The molecule has 0 bridgehead atoms. The van der Waals surface area contributed by atoms with E-state index in [1.165, 1.54) is 59.9 Å². The topological polar surface area (TPSA) is 113 Å². The van der Waals surface area contributed by atoms with Gasteiger partial charge in [-0.15, -0.1) is 0 Å². The van der Waals surface area contributed by atoms with Crippen LogP contribution in [0.1, 0.15) is 24.8 Å². The largest absolute Gasteiger partial charge is 0.495 e. The first-order chi connectivity index (χ1) is 18.5. The molecule has 9 nitrogen and oxygen atoms in total. The summed E-state index contributed by atoms with van der Waals surface area (Å²) in [5, 5.41) is 2.55. The number of carbonyl (C=O) groups excluding carboxylic acids is 1. The van der Waals surface area contributed by atoms with Crippen LogP contribution < -0.4 is 14.4 Å². The lowest BCUT2D eigenvalue weighted by atomic mass is 10.2. The molecule has 1 amide bonds. The molecule has 0 atom stereocenters. The van der Waals surface area contributed by atoms with Crippen LogP contribution in [0.2, 0.25) is 0 Å². The van der Waals surface area contributed by atoms with E-state index in [1.54, 1.807) is 19.1 Å². The third-order valence-electron chi connectivity index (χ3n) is 6.42. The van der Waals surface area contributed by atoms with Crippen LogP contribution in [0, 0.1) is 12.7 Å². The molecule has 1 N–H and O–H groups in total. The van der Waals surface area contributed by atoms with Crippen molar-refractivity contribution >= 4 is 37.3 Å². The number of hydrogen-bond acceptors (Lipinski definition) is 6. The number of para-hydroxylation sites is 1. The second-order valence-electron chi connectivity index (χ2n) is 9.15.